The predicted molar refractivity (Wildman–Crippen MR) is 136 cm³/mol. The van der Waals surface area contributed by atoms with Crippen molar-refractivity contribution < 1.29 is 27.4 Å². The quantitative estimate of drug-likeness (QED) is 0.308. The van der Waals surface area contributed by atoms with E-state index in [-0.39, 0.29) is 47.7 Å². The number of hydrogen-bond donors (Lipinski definition) is 1. The third-order valence-corrected chi connectivity index (χ3v) is 6.24. The zero-order chi connectivity index (χ0) is 26.3. The molecule has 2 heterocycles. The maximum atomic E-state index is 13.9. The van der Waals surface area contributed by atoms with Crippen LogP contribution in [-0.4, -0.2) is 50.5 Å². The van der Waals surface area contributed by atoms with Crippen LogP contribution >= 0.6 is 11.3 Å². The van der Waals surface area contributed by atoms with E-state index in [0.717, 1.165) is 16.9 Å². The molecule has 0 aliphatic heterocycles. The van der Waals surface area contributed by atoms with E-state index in [1.165, 1.54) is 14.2 Å². The van der Waals surface area contributed by atoms with Crippen LogP contribution in [0.25, 0.3) is 0 Å². The number of halogens is 3. The lowest BCUT2D eigenvalue weighted by atomic mass is 9.86. The third-order valence-electron chi connectivity index (χ3n) is 5.21. The van der Waals surface area contributed by atoms with Gasteiger partial charge >= 0.3 is 6.18 Å². The number of nitrogens with one attached hydrogen (secondary N) is 1. The molecule has 0 saturated heterocycles. The Labute approximate surface area is 213 Å². The number of aromatic nitrogens is 2. The van der Waals surface area contributed by atoms with Gasteiger partial charge in [0.1, 0.15) is 16.4 Å². The van der Waals surface area contributed by atoms with E-state index in [4.69, 9.17) is 14.2 Å². The molecule has 0 radical (unpaired) electrons. The van der Waals surface area contributed by atoms with E-state index in [1.807, 2.05) is 24.3 Å². The highest BCUT2D eigenvalue weighted by Gasteiger charge is 2.39. The fourth-order valence-corrected chi connectivity index (χ4v) is 4.50. The van der Waals surface area contributed by atoms with Crippen LogP contribution in [0.3, 0.4) is 0 Å². The van der Waals surface area contributed by atoms with E-state index >= 15 is 0 Å². The van der Waals surface area contributed by atoms with Gasteiger partial charge in [-0.3, -0.25) is 0 Å². The van der Waals surface area contributed by atoms with E-state index in [9.17, 15) is 13.2 Å². The Morgan fingerprint density at radius 1 is 0.972 bits per heavy atom. The minimum atomic E-state index is -4.63. The second-order valence-electron chi connectivity index (χ2n) is 8.97. The number of methoxy groups -OCH3 is 2. The number of benzene rings is 1. The molecule has 36 heavy (non-hydrogen) atoms. The minimum Gasteiger partial charge on any atom is -0.437 e. The van der Waals surface area contributed by atoms with Crippen LogP contribution in [0.15, 0.2) is 42.6 Å². The van der Waals surface area contributed by atoms with Gasteiger partial charge in [-0.1, -0.05) is 50.3 Å². The summed E-state index contributed by atoms with van der Waals surface area (Å²) < 4.78 is 58.1. The van der Waals surface area contributed by atoms with Gasteiger partial charge in [-0.25, -0.2) is 9.97 Å². The summed E-state index contributed by atoms with van der Waals surface area (Å²) in [5.41, 5.74) is 0.227. The highest BCUT2D eigenvalue weighted by Crippen LogP contribution is 2.43. The lowest BCUT2D eigenvalue weighted by Gasteiger charge is -2.23. The van der Waals surface area contributed by atoms with E-state index in [0.29, 0.717) is 11.4 Å². The standard InChI is InChI=1S/C25H31F3N4O3S/c1-24(2,3)17-9-6-7-11-19(17)35-21-18(10-8-12-29-21)30-23-31-20(25(26,27)28)22(36-23)32(13-15-33-4)14-16-34-5/h6-12H,13-16H2,1-5H3,(H,30,31). The van der Waals surface area contributed by atoms with Crippen molar-refractivity contribution in [3.8, 4) is 11.6 Å². The summed E-state index contributed by atoms with van der Waals surface area (Å²) in [6.45, 7) is 7.25. The van der Waals surface area contributed by atoms with E-state index in [2.05, 4.69) is 36.1 Å². The molecule has 7 nitrogen and oxygen atoms in total. The first-order valence-corrected chi connectivity index (χ1v) is 12.2. The number of pyridine rings is 1. The molecule has 0 spiro atoms. The average molecular weight is 525 g/mol. The fraction of sp³-hybridized carbons (Fsp3) is 0.440. The molecule has 0 aliphatic carbocycles. The van der Waals surface area contributed by atoms with Crippen LogP contribution in [0, 0.1) is 0 Å². The molecule has 3 rings (SSSR count). The summed E-state index contributed by atoms with van der Waals surface area (Å²) in [6.07, 6.45) is -3.07. The highest BCUT2D eigenvalue weighted by molar-refractivity contribution is 7.19. The number of alkyl halides is 3. The van der Waals surface area contributed by atoms with Gasteiger partial charge in [-0.15, -0.1) is 0 Å². The Bertz CT molecular complexity index is 1120. The van der Waals surface area contributed by atoms with Crippen LogP contribution in [-0.2, 0) is 21.1 Å². The molecular weight excluding hydrogens is 493 g/mol. The number of ether oxygens (including phenoxy) is 3. The number of hydrogen-bond acceptors (Lipinski definition) is 8. The molecular formula is C25H31F3N4O3S. The summed E-state index contributed by atoms with van der Waals surface area (Å²) in [6, 6.07) is 11.0. The molecule has 0 aliphatic rings. The summed E-state index contributed by atoms with van der Waals surface area (Å²) in [7, 11) is 3.00. The average Bonchev–Trinajstić information content (AvgIpc) is 3.24. The van der Waals surface area contributed by atoms with Gasteiger partial charge in [0.25, 0.3) is 0 Å². The number of rotatable bonds is 11. The van der Waals surface area contributed by atoms with E-state index in [1.54, 1.807) is 23.2 Å². The minimum absolute atomic E-state index is 0.0106. The molecule has 1 N–H and O–H groups in total. The smallest absolute Gasteiger partial charge is 0.436 e. The van der Waals surface area contributed by atoms with Crippen molar-refractivity contribution in [3.05, 3.63) is 53.9 Å². The van der Waals surface area contributed by atoms with Crippen molar-refractivity contribution in [2.24, 2.45) is 0 Å². The van der Waals surface area contributed by atoms with Crippen LogP contribution in [0.2, 0.25) is 0 Å². The maximum Gasteiger partial charge on any atom is 0.436 e. The van der Waals surface area contributed by atoms with Crippen LogP contribution in [0.5, 0.6) is 11.6 Å². The van der Waals surface area contributed by atoms with E-state index < -0.39 is 11.9 Å². The number of nitrogens with zero attached hydrogens (tertiary/aromatic N) is 3. The molecule has 0 fully saturated rings. The summed E-state index contributed by atoms with van der Waals surface area (Å²) >= 11 is 0.902. The van der Waals surface area contributed by atoms with Crippen molar-refractivity contribution in [1.82, 2.24) is 9.97 Å². The molecule has 0 atom stereocenters. The van der Waals surface area contributed by atoms with Crippen LogP contribution in [0.1, 0.15) is 32.0 Å². The second kappa shape index (κ2) is 11.9. The van der Waals surface area contributed by atoms with Gasteiger partial charge in [0.05, 0.1) is 13.2 Å². The SMILES string of the molecule is COCCN(CCOC)c1sc(Nc2cccnc2Oc2ccccc2C(C)(C)C)nc1C(F)(F)F. The highest BCUT2D eigenvalue weighted by atomic mass is 32.1. The van der Waals surface area contributed by atoms with Crippen LogP contribution in [0.4, 0.5) is 29.0 Å². The molecule has 0 amide bonds. The van der Waals surface area contributed by atoms with Gasteiger partial charge < -0.3 is 24.4 Å². The normalized spacial score (nSPS) is 12.0. The molecule has 196 valence electrons. The number of anilines is 3. The number of para-hydroxylation sites is 1. The Hall–Kier alpha value is -2.89. The summed E-state index contributed by atoms with van der Waals surface area (Å²) in [4.78, 5) is 9.78. The molecule has 0 unspecified atom stereocenters. The molecule has 1 aromatic carbocycles. The van der Waals surface area contributed by atoms with Crippen molar-refractivity contribution in [3.63, 3.8) is 0 Å². The second-order valence-corrected chi connectivity index (χ2v) is 9.95. The van der Waals surface area contributed by atoms with Gasteiger partial charge in [0, 0.05) is 39.1 Å². The Morgan fingerprint density at radius 2 is 1.64 bits per heavy atom. The van der Waals surface area contributed by atoms with Gasteiger partial charge in [-0.2, -0.15) is 13.2 Å². The zero-order valence-corrected chi connectivity index (χ0v) is 21.8. The van der Waals surface area contributed by atoms with Gasteiger partial charge in [0.2, 0.25) is 5.88 Å². The third kappa shape index (κ3) is 7.08. The molecule has 11 heteroatoms. The van der Waals surface area contributed by atoms with Crippen molar-refractivity contribution in [2.75, 3.05) is 50.7 Å². The predicted octanol–water partition coefficient (Wildman–Crippen LogP) is 6.49. The van der Waals surface area contributed by atoms with Crippen molar-refractivity contribution >= 4 is 27.2 Å². The monoisotopic (exact) mass is 524 g/mol. The lowest BCUT2D eigenvalue weighted by Crippen LogP contribution is -2.31. The summed E-state index contributed by atoms with van der Waals surface area (Å²) in [5, 5.41) is 3.04. The Balaban J connectivity index is 1.95. The van der Waals surface area contributed by atoms with Crippen molar-refractivity contribution in [1.29, 1.82) is 0 Å². The molecule has 3 aromatic rings. The summed E-state index contributed by atoms with van der Waals surface area (Å²) in [5.74, 6) is 0.850. The first kappa shape index (κ1) is 27.7. The molecule has 2 aromatic heterocycles. The number of thiazole rings is 1. The maximum absolute atomic E-state index is 13.9. The first-order chi connectivity index (χ1) is 17.0. The van der Waals surface area contributed by atoms with Crippen LogP contribution < -0.4 is 15.0 Å². The zero-order valence-electron chi connectivity index (χ0n) is 21.0. The van der Waals surface area contributed by atoms with Gasteiger partial charge in [0.15, 0.2) is 10.8 Å². The molecule has 0 saturated carbocycles. The van der Waals surface area contributed by atoms with Crippen molar-refractivity contribution in [2.45, 2.75) is 32.4 Å². The Morgan fingerprint density at radius 3 is 2.25 bits per heavy atom. The fourth-order valence-electron chi connectivity index (χ4n) is 3.44. The Kier molecular flexibility index (Phi) is 9.15. The first-order valence-electron chi connectivity index (χ1n) is 11.3. The molecule has 0 bridgehead atoms. The van der Waals surface area contributed by atoms with Gasteiger partial charge in [-0.05, 0) is 23.6 Å². The topological polar surface area (TPSA) is 68.7 Å². The largest absolute Gasteiger partial charge is 0.437 e. The lowest BCUT2D eigenvalue weighted by molar-refractivity contribution is -0.140.